The molecule has 3 rings (SSSR count). The number of fused-ring (bicyclic) bond motifs is 1. The lowest BCUT2D eigenvalue weighted by atomic mass is 9.81. The average molecular weight is 275 g/mol. The predicted octanol–water partition coefficient (Wildman–Crippen LogP) is 3.90. The predicted molar refractivity (Wildman–Crippen MR) is 78.4 cm³/mol. The van der Waals surface area contributed by atoms with Gasteiger partial charge >= 0.3 is 0 Å². The largest absolute Gasteiger partial charge is 0.276 e. The molecule has 0 saturated heterocycles. The summed E-state index contributed by atoms with van der Waals surface area (Å²) in [6.45, 7) is 0. The van der Waals surface area contributed by atoms with Gasteiger partial charge in [-0.3, -0.25) is 4.68 Å². The molecule has 2 aromatic rings. The molecule has 1 aromatic heterocycles. The van der Waals surface area contributed by atoms with Crippen LogP contribution in [-0.2, 0) is 19.9 Å². The van der Waals surface area contributed by atoms with E-state index in [0.717, 1.165) is 19.3 Å². The molecule has 1 aliphatic carbocycles. The van der Waals surface area contributed by atoms with Gasteiger partial charge in [0.1, 0.15) is 0 Å². The van der Waals surface area contributed by atoms with E-state index in [1.54, 1.807) is 0 Å². The Bertz CT molecular complexity index is 561. The Labute approximate surface area is 119 Å². The highest BCUT2D eigenvalue weighted by Crippen LogP contribution is 2.41. The van der Waals surface area contributed by atoms with Gasteiger partial charge in [0.15, 0.2) is 0 Å². The maximum absolute atomic E-state index is 6.66. The van der Waals surface area contributed by atoms with Gasteiger partial charge in [-0.15, -0.1) is 11.6 Å². The number of rotatable bonds is 3. The van der Waals surface area contributed by atoms with Gasteiger partial charge in [0.2, 0.25) is 0 Å². The van der Waals surface area contributed by atoms with Crippen LogP contribution >= 0.6 is 11.6 Å². The molecule has 0 radical (unpaired) electrons. The van der Waals surface area contributed by atoms with E-state index >= 15 is 0 Å². The summed E-state index contributed by atoms with van der Waals surface area (Å²) < 4.78 is 1.86. The van der Waals surface area contributed by atoms with Crippen molar-refractivity contribution in [3.05, 3.63) is 53.3 Å². The lowest BCUT2D eigenvalue weighted by Crippen LogP contribution is -2.17. The molecule has 0 amide bonds. The first-order valence-corrected chi connectivity index (χ1v) is 7.37. The molecule has 19 heavy (non-hydrogen) atoms. The standard InChI is InChI=1S/C16H19ClN2/c1-19-11-12(10-18-19)6-7-14-9-8-13-4-2-3-5-15(13)16(14)17/h2-5,10-11,14,16H,6-9H2,1H3. The van der Waals surface area contributed by atoms with Gasteiger partial charge in [0.25, 0.3) is 0 Å². The number of benzene rings is 1. The van der Waals surface area contributed by atoms with E-state index in [2.05, 4.69) is 35.6 Å². The maximum atomic E-state index is 6.66. The fourth-order valence-corrected chi connectivity index (χ4v) is 3.48. The first-order chi connectivity index (χ1) is 9.24. The van der Waals surface area contributed by atoms with Gasteiger partial charge in [-0.1, -0.05) is 24.3 Å². The Kier molecular flexibility index (Phi) is 3.61. The highest BCUT2D eigenvalue weighted by molar-refractivity contribution is 6.21. The molecule has 2 nitrogen and oxygen atoms in total. The summed E-state index contributed by atoms with van der Waals surface area (Å²) in [5.41, 5.74) is 4.08. The van der Waals surface area contributed by atoms with E-state index in [-0.39, 0.29) is 5.38 Å². The Morgan fingerprint density at radius 3 is 3.00 bits per heavy atom. The van der Waals surface area contributed by atoms with Crippen molar-refractivity contribution in [2.45, 2.75) is 31.1 Å². The third kappa shape index (κ3) is 2.69. The summed E-state index contributed by atoms with van der Waals surface area (Å²) in [6.07, 6.45) is 8.64. The SMILES string of the molecule is Cn1cc(CCC2CCc3ccccc3C2Cl)cn1. The van der Waals surface area contributed by atoms with Crippen LogP contribution in [0.1, 0.15) is 34.9 Å². The molecular formula is C16H19ClN2. The summed E-state index contributed by atoms with van der Waals surface area (Å²) in [6, 6.07) is 8.60. The second-order valence-electron chi connectivity index (χ2n) is 5.46. The maximum Gasteiger partial charge on any atom is 0.0616 e. The Morgan fingerprint density at radius 2 is 2.21 bits per heavy atom. The van der Waals surface area contributed by atoms with E-state index in [9.17, 15) is 0 Å². The number of hydrogen-bond donors (Lipinski definition) is 0. The van der Waals surface area contributed by atoms with Crippen LogP contribution in [0, 0.1) is 5.92 Å². The first kappa shape index (κ1) is 12.7. The zero-order chi connectivity index (χ0) is 13.2. The van der Waals surface area contributed by atoms with Crippen LogP contribution in [0.4, 0.5) is 0 Å². The molecule has 3 heteroatoms. The second kappa shape index (κ2) is 5.38. The van der Waals surface area contributed by atoms with Gasteiger partial charge in [-0.05, 0) is 48.3 Å². The molecule has 0 spiro atoms. The molecule has 100 valence electrons. The number of aromatic nitrogens is 2. The van der Waals surface area contributed by atoms with Crippen molar-refractivity contribution < 1.29 is 0 Å². The fourth-order valence-electron chi connectivity index (χ4n) is 3.02. The Balaban J connectivity index is 1.67. The third-order valence-corrected chi connectivity index (χ3v) is 4.70. The first-order valence-electron chi connectivity index (χ1n) is 6.93. The van der Waals surface area contributed by atoms with Crippen LogP contribution in [0.5, 0.6) is 0 Å². The van der Waals surface area contributed by atoms with Crippen LogP contribution in [0.25, 0.3) is 0 Å². The van der Waals surface area contributed by atoms with Crippen LogP contribution < -0.4 is 0 Å². The van der Waals surface area contributed by atoms with E-state index in [1.807, 2.05) is 17.9 Å². The Morgan fingerprint density at radius 1 is 1.37 bits per heavy atom. The highest BCUT2D eigenvalue weighted by atomic mass is 35.5. The zero-order valence-electron chi connectivity index (χ0n) is 11.2. The fraction of sp³-hybridized carbons (Fsp3) is 0.438. The van der Waals surface area contributed by atoms with Crippen LogP contribution in [0.2, 0.25) is 0 Å². The van der Waals surface area contributed by atoms with Gasteiger partial charge in [-0.2, -0.15) is 5.10 Å². The monoisotopic (exact) mass is 274 g/mol. The topological polar surface area (TPSA) is 17.8 Å². The third-order valence-electron chi connectivity index (χ3n) is 4.11. The lowest BCUT2D eigenvalue weighted by Gasteiger charge is -2.29. The molecule has 0 fully saturated rings. The smallest absolute Gasteiger partial charge is 0.0616 e. The molecule has 2 atom stereocenters. The van der Waals surface area contributed by atoms with Gasteiger partial charge in [-0.25, -0.2) is 0 Å². The number of alkyl halides is 1. The normalized spacial score (nSPS) is 22.2. The minimum absolute atomic E-state index is 0.168. The van der Waals surface area contributed by atoms with Gasteiger partial charge in [0, 0.05) is 13.2 Å². The summed E-state index contributed by atoms with van der Waals surface area (Å²) >= 11 is 6.66. The number of hydrogen-bond acceptors (Lipinski definition) is 1. The minimum Gasteiger partial charge on any atom is -0.276 e. The van der Waals surface area contributed by atoms with Crippen LogP contribution in [0.15, 0.2) is 36.7 Å². The second-order valence-corrected chi connectivity index (χ2v) is 5.93. The van der Waals surface area contributed by atoms with Crippen molar-refractivity contribution in [2.75, 3.05) is 0 Å². The van der Waals surface area contributed by atoms with Crippen molar-refractivity contribution in [1.29, 1.82) is 0 Å². The molecule has 0 bridgehead atoms. The summed E-state index contributed by atoms with van der Waals surface area (Å²) in [5.74, 6) is 0.580. The molecular weight excluding hydrogens is 256 g/mol. The molecule has 0 saturated carbocycles. The van der Waals surface area contributed by atoms with Crippen molar-refractivity contribution in [2.24, 2.45) is 13.0 Å². The van der Waals surface area contributed by atoms with Crippen LogP contribution in [-0.4, -0.2) is 9.78 Å². The summed E-state index contributed by atoms with van der Waals surface area (Å²) in [4.78, 5) is 0. The van der Waals surface area contributed by atoms with E-state index in [1.165, 1.54) is 23.1 Å². The number of halogens is 1. The van der Waals surface area contributed by atoms with E-state index in [4.69, 9.17) is 11.6 Å². The van der Waals surface area contributed by atoms with Gasteiger partial charge < -0.3 is 0 Å². The van der Waals surface area contributed by atoms with Crippen molar-refractivity contribution in [3.8, 4) is 0 Å². The lowest BCUT2D eigenvalue weighted by molar-refractivity contribution is 0.415. The molecule has 2 unspecified atom stereocenters. The highest BCUT2D eigenvalue weighted by Gasteiger charge is 2.27. The molecule has 1 heterocycles. The van der Waals surface area contributed by atoms with Crippen LogP contribution in [0.3, 0.4) is 0 Å². The average Bonchev–Trinajstić information content (AvgIpc) is 2.84. The Hall–Kier alpha value is -1.28. The molecule has 0 N–H and O–H groups in total. The molecule has 1 aliphatic rings. The summed E-state index contributed by atoms with van der Waals surface area (Å²) in [5, 5.41) is 4.39. The van der Waals surface area contributed by atoms with Crippen molar-refractivity contribution in [1.82, 2.24) is 9.78 Å². The van der Waals surface area contributed by atoms with Crippen molar-refractivity contribution >= 4 is 11.6 Å². The molecule has 1 aromatic carbocycles. The van der Waals surface area contributed by atoms with E-state index < -0.39 is 0 Å². The molecule has 0 aliphatic heterocycles. The quantitative estimate of drug-likeness (QED) is 0.777. The number of nitrogens with zero attached hydrogens (tertiary/aromatic N) is 2. The van der Waals surface area contributed by atoms with E-state index in [0.29, 0.717) is 5.92 Å². The van der Waals surface area contributed by atoms with Crippen molar-refractivity contribution in [3.63, 3.8) is 0 Å². The van der Waals surface area contributed by atoms with Gasteiger partial charge in [0.05, 0.1) is 11.6 Å². The number of aryl methyl sites for hydroxylation is 3. The summed E-state index contributed by atoms with van der Waals surface area (Å²) in [7, 11) is 1.96. The zero-order valence-corrected chi connectivity index (χ0v) is 12.0. The minimum atomic E-state index is 0.168.